The Hall–Kier alpha value is -0.880. The molecule has 5 nitrogen and oxygen atoms in total. The summed E-state index contributed by atoms with van der Waals surface area (Å²) in [7, 11) is -3.00. The topological polar surface area (TPSA) is 64.0 Å². The predicted molar refractivity (Wildman–Crippen MR) is 74.0 cm³/mol. The fourth-order valence-electron chi connectivity index (χ4n) is 3.50. The minimum absolute atomic E-state index is 0.302. The van der Waals surface area contributed by atoms with Gasteiger partial charge >= 0.3 is 0 Å². The van der Waals surface area contributed by atoms with Crippen molar-refractivity contribution in [2.45, 2.75) is 44.4 Å². The molecule has 0 saturated carbocycles. The SMILES string of the molecule is Cc1nn(C2CCCS2(=O)=O)c(C)c1C1CCNC1. The van der Waals surface area contributed by atoms with E-state index in [1.54, 1.807) is 4.68 Å². The summed E-state index contributed by atoms with van der Waals surface area (Å²) in [4.78, 5) is 0. The number of aryl methyl sites for hydroxylation is 1. The molecule has 0 amide bonds. The second-order valence-corrected chi connectivity index (χ2v) is 7.96. The smallest absolute Gasteiger partial charge is 0.173 e. The van der Waals surface area contributed by atoms with Crippen molar-refractivity contribution >= 4 is 9.84 Å². The van der Waals surface area contributed by atoms with E-state index in [1.807, 2.05) is 13.8 Å². The number of aromatic nitrogens is 2. The minimum Gasteiger partial charge on any atom is -0.316 e. The maximum Gasteiger partial charge on any atom is 0.173 e. The quantitative estimate of drug-likeness (QED) is 0.888. The first-order valence-electron chi connectivity index (χ1n) is 6.98. The minimum atomic E-state index is -3.00. The average Bonchev–Trinajstić information content (AvgIpc) is 3.00. The molecule has 2 unspecified atom stereocenters. The summed E-state index contributed by atoms with van der Waals surface area (Å²) in [5.41, 5.74) is 3.29. The third-order valence-corrected chi connectivity index (χ3v) is 6.54. The van der Waals surface area contributed by atoms with Crippen LogP contribution in [0.25, 0.3) is 0 Å². The first-order valence-corrected chi connectivity index (χ1v) is 8.70. The number of nitrogens with one attached hydrogen (secondary N) is 1. The van der Waals surface area contributed by atoms with E-state index in [2.05, 4.69) is 10.4 Å². The van der Waals surface area contributed by atoms with E-state index >= 15 is 0 Å². The first-order chi connectivity index (χ1) is 9.00. The Kier molecular flexibility index (Phi) is 3.17. The molecule has 0 spiro atoms. The van der Waals surface area contributed by atoms with Crippen molar-refractivity contribution < 1.29 is 8.42 Å². The second kappa shape index (κ2) is 4.59. The van der Waals surface area contributed by atoms with Crippen molar-refractivity contribution in [2.75, 3.05) is 18.8 Å². The maximum absolute atomic E-state index is 12.1. The molecule has 2 aliphatic heterocycles. The molecule has 3 rings (SSSR count). The number of sulfone groups is 1. The number of rotatable bonds is 2. The van der Waals surface area contributed by atoms with Crippen molar-refractivity contribution in [2.24, 2.45) is 0 Å². The lowest BCUT2D eigenvalue weighted by atomic mass is 9.96. The summed E-state index contributed by atoms with van der Waals surface area (Å²) < 4.78 is 25.9. The van der Waals surface area contributed by atoms with Crippen molar-refractivity contribution in [3.05, 3.63) is 17.0 Å². The van der Waals surface area contributed by atoms with Gasteiger partial charge in [-0.2, -0.15) is 5.10 Å². The Balaban J connectivity index is 2.02. The van der Waals surface area contributed by atoms with Gasteiger partial charge in [0, 0.05) is 23.7 Å². The molecular formula is C13H21N3O2S. The van der Waals surface area contributed by atoms with Gasteiger partial charge in [-0.15, -0.1) is 0 Å². The van der Waals surface area contributed by atoms with Gasteiger partial charge in [-0.1, -0.05) is 0 Å². The molecule has 106 valence electrons. The fraction of sp³-hybridized carbons (Fsp3) is 0.769. The third-order valence-electron chi connectivity index (χ3n) is 4.42. The summed E-state index contributed by atoms with van der Waals surface area (Å²) in [6.45, 7) is 6.03. The van der Waals surface area contributed by atoms with Gasteiger partial charge in [-0.25, -0.2) is 8.42 Å². The Labute approximate surface area is 114 Å². The molecule has 1 aromatic rings. The van der Waals surface area contributed by atoms with E-state index in [4.69, 9.17) is 0 Å². The summed E-state index contributed by atoms with van der Waals surface area (Å²) >= 11 is 0. The summed E-state index contributed by atoms with van der Waals surface area (Å²) in [5, 5.41) is 7.47. The lowest BCUT2D eigenvalue weighted by Gasteiger charge is -2.14. The lowest BCUT2D eigenvalue weighted by molar-refractivity contribution is 0.516. The highest BCUT2D eigenvalue weighted by Gasteiger charge is 2.36. The Morgan fingerprint density at radius 2 is 2.11 bits per heavy atom. The van der Waals surface area contributed by atoms with E-state index < -0.39 is 15.2 Å². The number of hydrogen-bond donors (Lipinski definition) is 1. The molecule has 6 heteroatoms. The van der Waals surface area contributed by atoms with Gasteiger partial charge in [0.25, 0.3) is 0 Å². The van der Waals surface area contributed by atoms with Crippen LogP contribution in [0.4, 0.5) is 0 Å². The predicted octanol–water partition coefficient (Wildman–Crippen LogP) is 1.28. The van der Waals surface area contributed by atoms with Crippen LogP contribution in [0.15, 0.2) is 0 Å². The largest absolute Gasteiger partial charge is 0.316 e. The maximum atomic E-state index is 12.1. The van der Waals surface area contributed by atoms with E-state index in [0.717, 1.165) is 37.3 Å². The summed E-state index contributed by atoms with van der Waals surface area (Å²) in [6, 6.07) is 0. The molecule has 0 aromatic carbocycles. The standard InChI is InChI=1S/C13H21N3O2S/c1-9-13(11-5-6-14-8-11)10(2)16(15-9)12-4-3-7-19(12,17)18/h11-12,14H,3-8H2,1-2H3. The highest BCUT2D eigenvalue weighted by molar-refractivity contribution is 7.91. The van der Waals surface area contributed by atoms with Gasteiger partial charge in [0.1, 0.15) is 0 Å². The van der Waals surface area contributed by atoms with Gasteiger partial charge in [-0.05, 0) is 39.7 Å². The fourth-order valence-corrected chi connectivity index (χ4v) is 5.37. The van der Waals surface area contributed by atoms with Crippen LogP contribution in [0.1, 0.15) is 47.5 Å². The Bertz CT molecular complexity index is 585. The lowest BCUT2D eigenvalue weighted by Crippen LogP contribution is -2.18. The molecule has 19 heavy (non-hydrogen) atoms. The zero-order valence-corrected chi connectivity index (χ0v) is 12.3. The monoisotopic (exact) mass is 283 g/mol. The highest BCUT2D eigenvalue weighted by atomic mass is 32.2. The molecule has 0 bridgehead atoms. The van der Waals surface area contributed by atoms with Crippen LogP contribution in [0.2, 0.25) is 0 Å². The average molecular weight is 283 g/mol. The molecule has 0 aliphatic carbocycles. The number of hydrogen-bond acceptors (Lipinski definition) is 4. The highest BCUT2D eigenvalue weighted by Crippen LogP contribution is 2.35. The Morgan fingerprint density at radius 1 is 1.32 bits per heavy atom. The second-order valence-electron chi connectivity index (χ2n) is 5.68. The van der Waals surface area contributed by atoms with E-state index in [1.165, 1.54) is 5.56 Å². The molecule has 2 fully saturated rings. The van der Waals surface area contributed by atoms with Crippen LogP contribution in [-0.4, -0.2) is 37.0 Å². The molecule has 2 saturated heterocycles. The third kappa shape index (κ3) is 2.10. The van der Waals surface area contributed by atoms with Crippen molar-refractivity contribution in [3.63, 3.8) is 0 Å². The van der Waals surface area contributed by atoms with Crippen LogP contribution in [-0.2, 0) is 9.84 Å². The van der Waals surface area contributed by atoms with Gasteiger partial charge in [0.2, 0.25) is 0 Å². The van der Waals surface area contributed by atoms with Crippen molar-refractivity contribution in [3.8, 4) is 0 Å². The summed E-state index contributed by atoms with van der Waals surface area (Å²) in [5.74, 6) is 0.786. The zero-order valence-electron chi connectivity index (χ0n) is 11.5. The molecule has 2 atom stereocenters. The van der Waals surface area contributed by atoms with Gasteiger partial charge in [0.05, 0.1) is 11.4 Å². The molecule has 2 aliphatic rings. The number of nitrogens with zero attached hydrogens (tertiary/aromatic N) is 2. The normalized spacial score (nSPS) is 30.0. The van der Waals surface area contributed by atoms with Crippen LogP contribution in [0.5, 0.6) is 0 Å². The zero-order chi connectivity index (χ0) is 13.6. The van der Waals surface area contributed by atoms with E-state index in [-0.39, 0.29) is 0 Å². The molecule has 1 N–H and O–H groups in total. The van der Waals surface area contributed by atoms with Gasteiger partial charge in [0.15, 0.2) is 15.2 Å². The van der Waals surface area contributed by atoms with Crippen LogP contribution in [0, 0.1) is 13.8 Å². The molecule has 1 aromatic heterocycles. The summed E-state index contributed by atoms with van der Waals surface area (Å²) in [6.07, 6.45) is 2.57. The van der Waals surface area contributed by atoms with E-state index in [9.17, 15) is 8.42 Å². The van der Waals surface area contributed by atoms with E-state index in [0.29, 0.717) is 18.1 Å². The molecule has 0 radical (unpaired) electrons. The van der Waals surface area contributed by atoms with Crippen molar-refractivity contribution in [1.82, 2.24) is 15.1 Å². The Morgan fingerprint density at radius 3 is 2.68 bits per heavy atom. The van der Waals surface area contributed by atoms with Crippen LogP contribution < -0.4 is 5.32 Å². The van der Waals surface area contributed by atoms with Gasteiger partial charge < -0.3 is 5.32 Å². The van der Waals surface area contributed by atoms with Crippen LogP contribution >= 0.6 is 0 Å². The van der Waals surface area contributed by atoms with Crippen molar-refractivity contribution in [1.29, 1.82) is 0 Å². The van der Waals surface area contributed by atoms with Crippen LogP contribution in [0.3, 0.4) is 0 Å². The van der Waals surface area contributed by atoms with Gasteiger partial charge in [-0.3, -0.25) is 4.68 Å². The molecule has 3 heterocycles. The first kappa shape index (κ1) is 13.1. The molecular weight excluding hydrogens is 262 g/mol.